The predicted octanol–water partition coefficient (Wildman–Crippen LogP) is 1.31. The van der Waals surface area contributed by atoms with Gasteiger partial charge in [-0.2, -0.15) is 0 Å². The summed E-state index contributed by atoms with van der Waals surface area (Å²) in [5, 5.41) is 0. The summed E-state index contributed by atoms with van der Waals surface area (Å²) in [5.41, 5.74) is 5.89. The molecule has 0 saturated heterocycles. The summed E-state index contributed by atoms with van der Waals surface area (Å²) in [4.78, 5) is -0.0454. The zero-order valence-corrected chi connectivity index (χ0v) is 10.8. The molecule has 17 heavy (non-hydrogen) atoms. The van der Waals surface area contributed by atoms with Crippen LogP contribution >= 0.6 is 0 Å². The summed E-state index contributed by atoms with van der Waals surface area (Å²) in [6.45, 7) is 2.33. The molecule has 0 radical (unpaired) electrons. The van der Waals surface area contributed by atoms with Gasteiger partial charge in [-0.05, 0) is 24.1 Å². The molecule has 0 aromatic heterocycles. The monoisotopic (exact) mass is 260 g/mol. The number of hydrogen-bond donors (Lipinski definition) is 1. The summed E-state index contributed by atoms with van der Waals surface area (Å²) >= 11 is 0. The van der Waals surface area contributed by atoms with E-state index in [1.807, 2.05) is 6.92 Å². The van der Waals surface area contributed by atoms with Crippen molar-refractivity contribution < 1.29 is 12.8 Å². The molecule has 1 aromatic carbocycles. The summed E-state index contributed by atoms with van der Waals surface area (Å²) in [6.07, 6.45) is 0.697. The first-order valence-electron chi connectivity index (χ1n) is 5.38. The number of nitrogens with zero attached hydrogens (tertiary/aromatic N) is 1. The molecule has 1 rings (SSSR count). The van der Waals surface area contributed by atoms with Gasteiger partial charge in [0, 0.05) is 20.1 Å². The average Bonchev–Trinajstić information content (AvgIpc) is 2.29. The van der Waals surface area contributed by atoms with Crippen LogP contribution in [-0.4, -0.2) is 26.3 Å². The number of halogens is 1. The summed E-state index contributed by atoms with van der Waals surface area (Å²) in [7, 11) is -2.18. The van der Waals surface area contributed by atoms with Gasteiger partial charge in [-0.3, -0.25) is 0 Å². The Labute approximate surface area is 101 Å². The maximum atomic E-state index is 13.1. The maximum Gasteiger partial charge on any atom is 0.243 e. The van der Waals surface area contributed by atoms with Crippen LogP contribution < -0.4 is 5.73 Å². The minimum atomic E-state index is -3.65. The second kappa shape index (κ2) is 5.57. The lowest BCUT2D eigenvalue weighted by molar-refractivity contribution is 0.467. The van der Waals surface area contributed by atoms with Crippen molar-refractivity contribution in [1.29, 1.82) is 0 Å². The standard InChI is InChI=1S/C11H17FN2O2S/c1-3-6-14(2)17(15,16)11-7-10(12)5-4-9(11)8-13/h4-5,7H,3,6,8,13H2,1-2H3. The van der Waals surface area contributed by atoms with E-state index in [2.05, 4.69) is 0 Å². The van der Waals surface area contributed by atoms with Crippen molar-refractivity contribution in [1.82, 2.24) is 4.31 Å². The van der Waals surface area contributed by atoms with Crippen molar-refractivity contribution >= 4 is 10.0 Å². The van der Waals surface area contributed by atoms with Crippen molar-refractivity contribution in [2.24, 2.45) is 5.73 Å². The molecule has 0 heterocycles. The lowest BCUT2D eigenvalue weighted by atomic mass is 10.2. The first-order chi connectivity index (χ1) is 7.93. The van der Waals surface area contributed by atoms with E-state index < -0.39 is 15.8 Å². The third-order valence-corrected chi connectivity index (χ3v) is 4.41. The fraction of sp³-hybridized carbons (Fsp3) is 0.455. The summed E-state index contributed by atoms with van der Waals surface area (Å²) < 4.78 is 38.7. The maximum absolute atomic E-state index is 13.1. The molecule has 0 spiro atoms. The molecule has 0 bridgehead atoms. The van der Waals surface area contributed by atoms with Gasteiger partial charge in [0.15, 0.2) is 0 Å². The zero-order chi connectivity index (χ0) is 13.1. The van der Waals surface area contributed by atoms with Crippen molar-refractivity contribution in [2.45, 2.75) is 24.8 Å². The molecular formula is C11H17FN2O2S. The smallest absolute Gasteiger partial charge is 0.243 e. The Morgan fingerprint density at radius 3 is 2.59 bits per heavy atom. The van der Waals surface area contributed by atoms with Crippen LogP contribution in [0.4, 0.5) is 4.39 Å². The first kappa shape index (κ1) is 14.1. The molecule has 0 amide bonds. The molecule has 1 aromatic rings. The molecule has 0 fully saturated rings. The first-order valence-corrected chi connectivity index (χ1v) is 6.82. The Bertz CT molecular complexity index is 488. The van der Waals surface area contributed by atoms with Crippen LogP contribution in [0.15, 0.2) is 23.1 Å². The molecule has 0 unspecified atom stereocenters. The third-order valence-electron chi connectivity index (χ3n) is 2.48. The Kier molecular flexibility index (Phi) is 4.62. The van der Waals surface area contributed by atoms with Gasteiger partial charge in [0.25, 0.3) is 0 Å². The van der Waals surface area contributed by atoms with Crippen LogP contribution in [0, 0.1) is 5.82 Å². The van der Waals surface area contributed by atoms with Crippen LogP contribution in [0.2, 0.25) is 0 Å². The van der Waals surface area contributed by atoms with Crippen LogP contribution in [0.25, 0.3) is 0 Å². The Hall–Kier alpha value is -0.980. The normalized spacial score (nSPS) is 12.1. The second-order valence-electron chi connectivity index (χ2n) is 3.78. The average molecular weight is 260 g/mol. The van der Waals surface area contributed by atoms with Gasteiger partial charge in [-0.1, -0.05) is 13.0 Å². The van der Waals surface area contributed by atoms with Gasteiger partial charge in [0.05, 0.1) is 4.90 Å². The van der Waals surface area contributed by atoms with E-state index in [0.29, 0.717) is 18.5 Å². The zero-order valence-electron chi connectivity index (χ0n) is 9.98. The van der Waals surface area contributed by atoms with Crippen LogP contribution in [0.5, 0.6) is 0 Å². The van der Waals surface area contributed by atoms with Gasteiger partial charge in [-0.15, -0.1) is 0 Å². The molecule has 6 heteroatoms. The predicted molar refractivity (Wildman–Crippen MR) is 64.4 cm³/mol. The number of sulfonamides is 1. The SMILES string of the molecule is CCCN(C)S(=O)(=O)c1cc(F)ccc1CN. The fourth-order valence-corrected chi connectivity index (χ4v) is 3.04. The number of hydrogen-bond acceptors (Lipinski definition) is 3. The largest absolute Gasteiger partial charge is 0.326 e. The second-order valence-corrected chi connectivity index (χ2v) is 5.80. The van der Waals surface area contributed by atoms with E-state index in [1.165, 1.54) is 23.5 Å². The lowest BCUT2D eigenvalue weighted by Crippen LogP contribution is -2.28. The summed E-state index contributed by atoms with van der Waals surface area (Å²) in [5.74, 6) is -0.578. The van der Waals surface area contributed by atoms with E-state index in [-0.39, 0.29) is 11.4 Å². The van der Waals surface area contributed by atoms with E-state index in [4.69, 9.17) is 5.73 Å². The van der Waals surface area contributed by atoms with Crippen LogP contribution in [0.1, 0.15) is 18.9 Å². The topological polar surface area (TPSA) is 63.4 Å². The highest BCUT2D eigenvalue weighted by atomic mass is 32.2. The van der Waals surface area contributed by atoms with Gasteiger partial charge in [0.2, 0.25) is 10.0 Å². The number of benzene rings is 1. The quantitative estimate of drug-likeness (QED) is 0.868. The molecule has 4 nitrogen and oxygen atoms in total. The van der Waals surface area contributed by atoms with E-state index >= 15 is 0 Å². The molecule has 0 aliphatic carbocycles. The van der Waals surface area contributed by atoms with Crippen LogP contribution in [-0.2, 0) is 16.6 Å². The van der Waals surface area contributed by atoms with Crippen molar-refractivity contribution in [3.05, 3.63) is 29.6 Å². The van der Waals surface area contributed by atoms with Gasteiger partial charge >= 0.3 is 0 Å². The van der Waals surface area contributed by atoms with Crippen molar-refractivity contribution in [2.75, 3.05) is 13.6 Å². The lowest BCUT2D eigenvalue weighted by Gasteiger charge is -2.18. The van der Waals surface area contributed by atoms with Crippen molar-refractivity contribution in [3.63, 3.8) is 0 Å². The van der Waals surface area contributed by atoms with E-state index in [9.17, 15) is 12.8 Å². The minimum absolute atomic E-state index is 0.0454. The fourth-order valence-electron chi connectivity index (χ4n) is 1.54. The summed E-state index contributed by atoms with van der Waals surface area (Å²) in [6, 6.07) is 3.63. The molecule has 2 N–H and O–H groups in total. The molecule has 0 saturated carbocycles. The van der Waals surface area contributed by atoms with Crippen LogP contribution in [0.3, 0.4) is 0 Å². The highest BCUT2D eigenvalue weighted by Gasteiger charge is 2.23. The third kappa shape index (κ3) is 3.02. The van der Waals surface area contributed by atoms with Gasteiger partial charge in [0.1, 0.15) is 5.82 Å². The minimum Gasteiger partial charge on any atom is -0.326 e. The van der Waals surface area contributed by atoms with Crippen molar-refractivity contribution in [3.8, 4) is 0 Å². The highest BCUT2D eigenvalue weighted by Crippen LogP contribution is 2.20. The molecular weight excluding hydrogens is 243 g/mol. The molecule has 0 aliphatic heterocycles. The Balaban J connectivity index is 3.27. The van der Waals surface area contributed by atoms with Gasteiger partial charge < -0.3 is 5.73 Å². The van der Waals surface area contributed by atoms with E-state index in [1.54, 1.807) is 0 Å². The molecule has 0 atom stereocenters. The molecule has 96 valence electrons. The van der Waals surface area contributed by atoms with Gasteiger partial charge in [-0.25, -0.2) is 17.1 Å². The highest BCUT2D eigenvalue weighted by molar-refractivity contribution is 7.89. The number of nitrogens with two attached hydrogens (primary N) is 1. The Morgan fingerprint density at radius 1 is 1.41 bits per heavy atom. The Morgan fingerprint density at radius 2 is 2.06 bits per heavy atom. The number of rotatable bonds is 5. The van der Waals surface area contributed by atoms with E-state index in [0.717, 1.165) is 6.07 Å². The molecule has 0 aliphatic rings.